The van der Waals surface area contributed by atoms with Crippen LogP contribution >= 0.6 is 11.8 Å². The second-order valence-electron chi connectivity index (χ2n) is 8.49. The summed E-state index contributed by atoms with van der Waals surface area (Å²) in [7, 11) is 0. The summed E-state index contributed by atoms with van der Waals surface area (Å²) < 4.78 is 17.0. The molecule has 5 rings (SSSR count). The van der Waals surface area contributed by atoms with Gasteiger partial charge in [-0.25, -0.2) is 0 Å². The Labute approximate surface area is 218 Å². The number of amides is 3. The van der Waals surface area contributed by atoms with Crippen molar-refractivity contribution in [2.45, 2.75) is 13.5 Å². The smallest absolute Gasteiger partial charge is 0.294 e. The largest absolute Gasteiger partial charge is 0.488 e. The average Bonchev–Trinajstić information content (AvgIpc) is 3.15. The maximum atomic E-state index is 13.0. The highest BCUT2D eigenvalue weighted by molar-refractivity contribution is 8.18. The van der Waals surface area contributed by atoms with Crippen LogP contribution in [-0.4, -0.2) is 41.7 Å². The van der Waals surface area contributed by atoms with Gasteiger partial charge in [-0.1, -0.05) is 48.0 Å². The van der Waals surface area contributed by atoms with Crippen LogP contribution in [0.3, 0.4) is 0 Å². The third-order valence-corrected chi connectivity index (χ3v) is 6.59. The maximum absolute atomic E-state index is 13.0. The number of hydrogen-bond acceptors (Lipinski definition) is 7. The summed E-state index contributed by atoms with van der Waals surface area (Å²) in [6.45, 7) is 2.88. The lowest BCUT2D eigenvalue weighted by Crippen LogP contribution is -2.36. The van der Waals surface area contributed by atoms with Crippen LogP contribution in [0, 0.1) is 6.92 Å². The molecule has 0 aliphatic carbocycles. The van der Waals surface area contributed by atoms with Crippen LogP contribution in [0.2, 0.25) is 0 Å². The number of thioether (sulfide) groups is 1. The number of carbonyl (C=O) groups is 3. The molecule has 37 heavy (non-hydrogen) atoms. The highest BCUT2D eigenvalue weighted by atomic mass is 32.2. The van der Waals surface area contributed by atoms with Gasteiger partial charge in [0, 0.05) is 17.3 Å². The first-order valence-electron chi connectivity index (χ1n) is 11.7. The van der Waals surface area contributed by atoms with Crippen molar-refractivity contribution in [2.75, 3.05) is 25.1 Å². The molecule has 2 aliphatic heterocycles. The molecule has 2 heterocycles. The summed E-state index contributed by atoms with van der Waals surface area (Å²) in [4.78, 5) is 39.3. The van der Waals surface area contributed by atoms with Gasteiger partial charge in [0.1, 0.15) is 32.1 Å². The van der Waals surface area contributed by atoms with Gasteiger partial charge in [0.05, 0.1) is 4.91 Å². The molecule has 0 saturated carbocycles. The van der Waals surface area contributed by atoms with Crippen LogP contribution in [0.5, 0.6) is 17.2 Å². The molecule has 1 fully saturated rings. The molecule has 2 aliphatic rings. The lowest BCUT2D eigenvalue weighted by Gasteiger charge is -2.19. The van der Waals surface area contributed by atoms with Gasteiger partial charge in [-0.05, 0) is 48.5 Å². The van der Waals surface area contributed by atoms with Gasteiger partial charge < -0.3 is 19.5 Å². The standard InChI is InChI=1S/C28H24N2O6S/c1-18-5-4-6-19(13-18)17-36-22-8-3-2-7-20(22)14-25-27(32)30(28(33)37-25)16-26(31)29-21-9-10-23-24(15-21)35-12-11-34-23/h2-10,13-15H,11-12,16-17H2,1H3,(H,29,31)/b25-14+. The summed E-state index contributed by atoms with van der Waals surface area (Å²) in [5.74, 6) is 0.694. The predicted octanol–water partition coefficient (Wildman–Crippen LogP) is 5.02. The van der Waals surface area contributed by atoms with Crippen molar-refractivity contribution in [1.29, 1.82) is 0 Å². The quantitative estimate of drug-likeness (QED) is 0.441. The van der Waals surface area contributed by atoms with E-state index in [1.165, 1.54) is 0 Å². The molecule has 0 bridgehead atoms. The van der Waals surface area contributed by atoms with E-state index in [1.54, 1.807) is 24.3 Å². The molecular weight excluding hydrogens is 492 g/mol. The minimum Gasteiger partial charge on any atom is -0.488 e. The molecule has 0 spiro atoms. The number of nitrogens with zero attached hydrogens (tertiary/aromatic N) is 1. The number of ether oxygens (including phenoxy) is 3. The summed E-state index contributed by atoms with van der Waals surface area (Å²) in [6.07, 6.45) is 1.62. The molecule has 0 aromatic heterocycles. The van der Waals surface area contributed by atoms with Crippen molar-refractivity contribution in [3.63, 3.8) is 0 Å². The fraction of sp³-hybridized carbons (Fsp3) is 0.179. The third kappa shape index (κ3) is 5.78. The van der Waals surface area contributed by atoms with E-state index < -0.39 is 23.6 Å². The number of imide groups is 1. The Balaban J connectivity index is 1.25. The summed E-state index contributed by atoms with van der Waals surface area (Å²) >= 11 is 0.795. The third-order valence-electron chi connectivity index (χ3n) is 5.68. The Morgan fingerprint density at radius 3 is 2.68 bits per heavy atom. The molecule has 0 radical (unpaired) electrons. The van der Waals surface area contributed by atoms with Crippen LogP contribution in [0.15, 0.2) is 71.6 Å². The second kappa shape index (κ2) is 10.8. The van der Waals surface area contributed by atoms with Gasteiger partial charge in [-0.2, -0.15) is 0 Å². The number of anilines is 1. The second-order valence-corrected chi connectivity index (χ2v) is 9.48. The van der Waals surface area contributed by atoms with Crippen molar-refractivity contribution in [1.82, 2.24) is 4.90 Å². The first-order chi connectivity index (χ1) is 18.0. The zero-order chi connectivity index (χ0) is 25.8. The number of benzene rings is 3. The minimum atomic E-state index is -0.527. The van der Waals surface area contributed by atoms with Crippen molar-refractivity contribution < 1.29 is 28.6 Å². The average molecular weight is 517 g/mol. The van der Waals surface area contributed by atoms with Gasteiger partial charge in [0.25, 0.3) is 11.1 Å². The van der Waals surface area contributed by atoms with Crippen molar-refractivity contribution in [3.8, 4) is 17.2 Å². The number of rotatable bonds is 7. The zero-order valence-electron chi connectivity index (χ0n) is 20.1. The van der Waals surface area contributed by atoms with Crippen LogP contribution in [-0.2, 0) is 16.2 Å². The number of para-hydroxylation sites is 1. The Bertz CT molecular complexity index is 1400. The number of carbonyl (C=O) groups excluding carboxylic acids is 3. The monoisotopic (exact) mass is 516 g/mol. The molecule has 8 nitrogen and oxygen atoms in total. The number of fused-ring (bicyclic) bond motifs is 1. The minimum absolute atomic E-state index is 0.226. The van der Waals surface area contributed by atoms with Gasteiger partial charge >= 0.3 is 0 Å². The topological polar surface area (TPSA) is 94.2 Å². The normalized spacial score (nSPS) is 15.7. The molecule has 3 aromatic rings. The van der Waals surface area contributed by atoms with E-state index in [9.17, 15) is 14.4 Å². The molecule has 1 saturated heterocycles. The molecule has 3 amide bonds. The number of hydrogen-bond donors (Lipinski definition) is 1. The van der Waals surface area contributed by atoms with Gasteiger partial charge in [-0.3, -0.25) is 19.3 Å². The van der Waals surface area contributed by atoms with E-state index in [0.29, 0.717) is 48.3 Å². The number of nitrogens with one attached hydrogen (secondary N) is 1. The van der Waals surface area contributed by atoms with Gasteiger partial charge in [0.15, 0.2) is 11.5 Å². The molecule has 3 aromatic carbocycles. The molecule has 0 unspecified atom stereocenters. The van der Waals surface area contributed by atoms with E-state index in [0.717, 1.165) is 27.8 Å². The Morgan fingerprint density at radius 1 is 1.03 bits per heavy atom. The molecule has 1 N–H and O–H groups in total. The van der Waals surface area contributed by atoms with Crippen molar-refractivity contribution in [3.05, 3.63) is 88.3 Å². The lowest BCUT2D eigenvalue weighted by atomic mass is 10.1. The molecular formula is C28H24N2O6S. The fourth-order valence-electron chi connectivity index (χ4n) is 3.94. The number of aryl methyl sites for hydroxylation is 1. The van der Waals surface area contributed by atoms with E-state index in [1.807, 2.05) is 55.5 Å². The highest BCUT2D eigenvalue weighted by Crippen LogP contribution is 2.35. The SMILES string of the molecule is Cc1cccc(COc2ccccc2/C=C2/SC(=O)N(CC(=O)Nc3ccc4c(c3)OCCO4)C2=O)c1. The van der Waals surface area contributed by atoms with E-state index in [4.69, 9.17) is 14.2 Å². The zero-order valence-corrected chi connectivity index (χ0v) is 20.9. The van der Waals surface area contributed by atoms with Crippen LogP contribution in [0.4, 0.5) is 10.5 Å². The fourth-order valence-corrected chi connectivity index (χ4v) is 4.77. The van der Waals surface area contributed by atoms with Crippen LogP contribution in [0.1, 0.15) is 16.7 Å². The van der Waals surface area contributed by atoms with E-state index in [-0.39, 0.29) is 4.91 Å². The Hall–Kier alpha value is -4.24. The predicted molar refractivity (Wildman–Crippen MR) is 141 cm³/mol. The van der Waals surface area contributed by atoms with E-state index in [2.05, 4.69) is 5.32 Å². The summed E-state index contributed by atoms with van der Waals surface area (Å²) in [6, 6.07) is 20.3. The lowest BCUT2D eigenvalue weighted by molar-refractivity contribution is -0.127. The van der Waals surface area contributed by atoms with Crippen LogP contribution < -0.4 is 19.5 Å². The molecule has 0 atom stereocenters. The Kier molecular flexibility index (Phi) is 7.14. The van der Waals surface area contributed by atoms with E-state index >= 15 is 0 Å². The van der Waals surface area contributed by atoms with Crippen molar-refractivity contribution in [2.24, 2.45) is 0 Å². The summed E-state index contributed by atoms with van der Waals surface area (Å²) in [5.41, 5.74) is 3.32. The Morgan fingerprint density at radius 2 is 1.84 bits per heavy atom. The molecule has 188 valence electrons. The first kappa shape index (κ1) is 24.5. The first-order valence-corrected chi connectivity index (χ1v) is 12.5. The summed E-state index contributed by atoms with van der Waals surface area (Å²) in [5, 5.41) is 2.19. The maximum Gasteiger partial charge on any atom is 0.294 e. The van der Waals surface area contributed by atoms with Gasteiger partial charge in [-0.15, -0.1) is 0 Å². The highest BCUT2D eigenvalue weighted by Gasteiger charge is 2.36. The molecule has 9 heteroatoms. The van der Waals surface area contributed by atoms with Crippen LogP contribution in [0.25, 0.3) is 6.08 Å². The van der Waals surface area contributed by atoms with Crippen molar-refractivity contribution >= 4 is 40.6 Å². The van der Waals surface area contributed by atoms with Gasteiger partial charge in [0.2, 0.25) is 5.91 Å².